The lowest BCUT2D eigenvalue weighted by molar-refractivity contribution is -0.118. The average Bonchev–Trinajstić information content (AvgIpc) is 2.20. The Labute approximate surface area is 99.1 Å². The Hall–Kier alpha value is -1.35. The molecule has 0 aliphatic carbocycles. The maximum absolute atomic E-state index is 13.3. The van der Waals surface area contributed by atoms with Crippen LogP contribution in [0.4, 0.5) is 4.39 Å². The molecule has 0 saturated carbocycles. The molecule has 0 aliphatic rings. The lowest BCUT2D eigenvalue weighted by Crippen LogP contribution is -2.20. The van der Waals surface area contributed by atoms with E-state index in [-0.39, 0.29) is 11.7 Å². The van der Waals surface area contributed by atoms with Crippen molar-refractivity contribution in [2.45, 2.75) is 13.3 Å². The van der Waals surface area contributed by atoms with Gasteiger partial charge in [-0.15, -0.1) is 0 Å². The van der Waals surface area contributed by atoms with Gasteiger partial charge in [-0.1, -0.05) is 29.8 Å². The van der Waals surface area contributed by atoms with Crippen molar-refractivity contribution in [3.8, 4) is 0 Å². The van der Waals surface area contributed by atoms with E-state index in [1.54, 1.807) is 18.2 Å². The largest absolute Gasteiger partial charge is 0.356 e. The van der Waals surface area contributed by atoms with Crippen molar-refractivity contribution in [3.63, 3.8) is 0 Å². The molecule has 1 rings (SSSR count). The predicted octanol–water partition coefficient (Wildman–Crippen LogP) is 3.02. The third-order valence-electron chi connectivity index (χ3n) is 1.94. The summed E-state index contributed by atoms with van der Waals surface area (Å²) in [5.41, 5.74) is 0.493. The summed E-state index contributed by atoms with van der Waals surface area (Å²) in [4.78, 5) is 10.6. The van der Waals surface area contributed by atoms with Crippen LogP contribution in [0, 0.1) is 5.82 Å². The molecular weight excluding hydrogens is 229 g/mol. The standard InChI is InChI=1S/C12H13ClFNO/c1-9(16)15-7-3-2-4-10-5-6-11(13)8-12(10)14/h2,4-6,8H,3,7H2,1H3,(H,15,16). The molecule has 0 heterocycles. The topological polar surface area (TPSA) is 29.1 Å². The van der Waals surface area contributed by atoms with E-state index in [1.807, 2.05) is 6.08 Å². The smallest absolute Gasteiger partial charge is 0.216 e. The zero-order valence-electron chi connectivity index (χ0n) is 8.97. The van der Waals surface area contributed by atoms with Crippen molar-refractivity contribution in [3.05, 3.63) is 40.7 Å². The normalized spacial score (nSPS) is 10.7. The first-order valence-electron chi connectivity index (χ1n) is 4.95. The molecule has 1 N–H and O–H groups in total. The number of carbonyl (C=O) groups excluding carboxylic acids is 1. The quantitative estimate of drug-likeness (QED) is 0.807. The van der Waals surface area contributed by atoms with Gasteiger partial charge in [0, 0.05) is 24.1 Å². The summed E-state index contributed by atoms with van der Waals surface area (Å²) < 4.78 is 13.3. The third kappa shape index (κ3) is 4.45. The minimum absolute atomic E-state index is 0.0638. The number of carbonyl (C=O) groups is 1. The van der Waals surface area contributed by atoms with Gasteiger partial charge >= 0.3 is 0 Å². The molecule has 4 heteroatoms. The van der Waals surface area contributed by atoms with Crippen LogP contribution >= 0.6 is 11.6 Å². The highest BCUT2D eigenvalue weighted by Crippen LogP contribution is 2.15. The van der Waals surface area contributed by atoms with Crippen LogP contribution in [0.3, 0.4) is 0 Å². The van der Waals surface area contributed by atoms with Gasteiger partial charge < -0.3 is 5.32 Å². The Kier molecular flexibility index (Phi) is 4.99. The second-order valence-electron chi connectivity index (χ2n) is 3.34. The van der Waals surface area contributed by atoms with E-state index in [0.29, 0.717) is 23.6 Å². The lowest BCUT2D eigenvalue weighted by Gasteiger charge is -1.98. The highest BCUT2D eigenvalue weighted by Gasteiger charge is 1.98. The zero-order chi connectivity index (χ0) is 12.0. The van der Waals surface area contributed by atoms with Crippen LogP contribution < -0.4 is 5.32 Å². The molecule has 0 spiro atoms. The summed E-state index contributed by atoms with van der Waals surface area (Å²) >= 11 is 5.62. The lowest BCUT2D eigenvalue weighted by atomic mass is 10.2. The van der Waals surface area contributed by atoms with Gasteiger partial charge in [0.1, 0.15) is 5.82 Å². The summed E-state index contributed by atoms with van der Waals surface area (Å²) in [6, 6.07) is 4.53. The summed E-state index contributed by atoms with van der Waals surface area (Å²) in [6.45, 7) is 2.02. The molecule has 0 saturated heterocycles. The van der Waals surface area contributed by atoms with Gasteiger partial charge in [0.2, 0.25) is 5.91 Å². The molecule has 16 heavy (non-hydrogen) atoms. The summed E-state index contributed by atoms with van der Waals surface area (Å²) in [7, 11) is 0. The van der Waals surface area contributed by atoms with Crippen LogP contribution in [-0.4, -0.2) is 12.5 Å². The van der Waals surface area contributed by atoms with Gasteiger partial charge in [-0.2, -0.15) is 0 Å². The minimum atomic E-state index is -0.344. The molecule has 1 aromatic carbocycles. The molecule has 2 nitrogen and oxygen atoms in total. The number of nitrogens with one attached hydrogen (secondary N) is 1. The minimum Gasteiger partial charge on any atom is -0.356 e. The maximum atomic E-state index is 13.3. The fourth-order valence-electron chi connectivity index (χ4n) is 1.18. The first kappa shape index (κ1) is 12.7. The molecule has 0 radical (unpaired) electrons. The van der Waals surface area contributed by atoms with Crippen LogP contribution in [-0.2, 0) is 4.79 Å². The molecule has 0 unspecified atom stereocenters. The molecule has 0 aliphatic heterocycles. The summed E-state index contributed by atoms with van der Waals surface area (Å²) in [5, 5.41) is 3.03. The second-order valence-corrected chi connectivity index (χ2v) is 3.78. The van der Waals surface area contributed by atoms with Crippen LogP contribution in [0.15, 0.2) is 24.3 Å². The molecule has 0 fully saturated rings. The van der Waals surface area contributed by atoms with Gasteiger partial charge in [-0.05, 0) is 18.6 Å². The van der Waals surface area contributed by atoms with Gasteiger partial charge in [0.05, 0.1) is 0 Å². The first-order valence-corrected chi connectivity index (χ1v) is 5.33. The molecule has 1 amide bonds. The number of rotatable bonds is 4. The average molecular weight is 242 g/mol. The van der Waals surface area contributed by atoms with Crippen LogP contribution in [0.2, 0.25) is 5.02 Å². The second kappa shape index (κ2) is 6.28. The van der Waals surface area contributed by atoms with E-state index >= 15 is 0 Å². The number of hydrogen-bond acceptors (Lipinski definition) is 1. The maximum Gasteiger partial charge on any atom is 0.216 e. The molecular formula is C12H13ClFNO. The highest BCUT2D eigenvalue weighted by molar-refractivity contribution is 6.30. The Balaban J connectivity index is 2.47. The van der Waals surface area contributed by atoms with Crippen molar-refractivity contribution >= 4 is 23.6 Å². The fraction of sp³-hybridized carbons (Fsp3) is 0.250. The first-order chi connectivity index (χ1) is 7.59. The van der Waals surface area contributed by atoms with Crippen LogP contribution in [0.5, 0.6) is 0 Å². The number of halogens is 2. The Morgan fingerprint density at radius 1 is 1.56 bits per heavy atom. The van der Waals surface area contributed by atoms with Crippen LogP contribution in [0.1, 0.15) is 18.9 Å². The Morgan fingerprint density at radius 3 is 2.94 bits per heavy atom. The highest BCUT2D eigenvalue weighted by atomic mass is 35.5. The van der Waals surface area contributed by atoms with E-state index in [9.17, 15) is 9.18 Å². The van der Waals surface area contributed by atoms with E-state index in [0.717, 1.165) is 0 Å². The third-order valence-corrected chi connectivity index (χ3v) is 2.18. The molecule has 0 atom stereocenters. The van der Waals surface area contributed by atoms with Crippen molar-refractivity contribution in [2.75, 3.05) is 6.54 Å². The van der Waals surface area contributed by atoms with Crippen molar-refractivity contribution in [2.24, 2.45) is 0 Å². The number of hydrogen-bond donors (Lipinski definition) is 1. The number of amides is 1. The summed E-state index contributed by atoms with van der Waals surface area (Å²) in [5.74, 6) is -0.408. The van der Waals surface area contributed by atoms with Gasteiger partial charge in [-0.3, -0.25) is 4.79 Å². The van der Waals surface area contributed by atoms with Crippen molar-refractivity contribution < 1.29 is 9.18 Å². The van der Waals surface area contributed by atoms with Crippen molar-refractivity contribution in [1.29, 1.82) is 0 Å². The Bertz CT molecular complexity index is 404. The van der Waals surface area contributed by atoms with Gasteiger partial charge in [0.25, 0.3) is 0 Å². The van der Waals surface area contributed by atoms with E-state index < -0.39 is 0 Å². The Morgan fingerprint density at radius 2 is 2.31 bits per heavy atom. The van der Waals surface area contributed by atoms with E-state index in [2.05, 4.69) is 5.32 Å². The summed E-state index contributed by atoms with van der Waals surface area (Å²) in [6.07, 6.45) is 4.15. The number of benzene rings is 1. The molecule has 1 aromatic rings. The molecule has 86 valence electrons. The predicted molar refractivity (Wildman–Crippen MR) is 63.7 cm³/mol. The monoisotopic (exact) mass is 241 g/mol. The zero-order valence-corrected chi connectivity index (χ0v) is 9.72. The van der Waals surface area contributed by atoms with E-state index in [1.165, 1.54) is 13.0 Å². The van der Waals surface area contributed by atoms with Gasteiger partial charge in [0.15, 0.2) is 0 Å². The van der Waals surface area contributed by atoms with E-state index in [4.69, 9.17) is 11.6 Å². The van der Waals surface area contributed by atoms with Gasteiger partial charge in [-0.25, -0.2) is 4.39 Å². The van der Waals surface area contributed by atoms with Crippen molar-refractivity contribution in [1.82, 2.24) is 5.32 Å². The molecule has 0 bridgehead atoms. The fourth-order valence-corrected chi connectivity index (χ4v) is 1.34. The SMILES string of the molecule is CC(=O)NCCC=Cc1ccc(Cl)cc1F. The molecule has 0 aromatic heterocycles. The van der Waals surface area contributed by atoms with Crippen LogP contribution in [0.25, 0.3) is 6.08 Å².